The van der Waals surface area contributed by atoms with E-state index in [9.17, 15) is 4.79 Å². The van der Waals surface area contributed by atoms with E-state index in [4.69, 9.17) is 0 Å². The van der Waals surface area contributed by atoms with Crippen molar-refractivity contribution in [3.8, 4) is 33.5 Å². The number of benzene rings is 3. The van der Waals surface area contributed by atoms with Gasteiger partial charge in [0.15, 0.2) is 5.43 Å². The van der Waals surface area contributed by atoms with Crippen LogP contribution in [0.1, 0.15) is 49.3 Å². The summed E-state index contributed by atoms with van der Waals surface area (Å²) in [5.41, 5.74) is 8.71. The van der Waals surface area contributed by atoms with Crippen molar-refractivity contribution in [2.45, 2.75) is 37.8 Å². The van der Waals surface area contributed by atoms with Crippen molar-refractivity contribution in [2.24, 2.45) is 0 Å². The van der Waals surface area contributed by atoms with Crippen molar-refractivity contribution in [3.63, 3.8) is 0 Å². The zero-order chi connectivity index (χ0) is 25.5. The monoisotopic (exact) mass is 501 g/mol. The third-order valence-corrected chi connectivity index (χ3v) is 8.02. The van der Waals surface area contributed by atoms with Gasteiger partial charge in [-0.2, -0.15) is 0 Å². The fourth-order valence-electron chi connectivity index (χ4n) is 5.87. The summed E-state index contributed by atoms with van der Waals surface area (Å²) < 4.78 is 0. The third-order valence-electron chi connectivity index (χ3n) is 8.02. The van der Waals surface area contributed by atoms with Crippen molar-refractivity contribution in [2.75, 3.05) is 13.1 Å². The average molecular weight is 502 g/mol. The summed E-state index contributed by atoms with van der Waals surface area (Å²) in [4.78, 5) is 24.3. The molecule has 190 valence electrons. The van der Waals surface area contributed by atoms with Crippen LogP contribution in [0.4, 0.5) is 0 Å². The number of hydrogen-bond acceptors (Lipinski definition) is 4. The number of aromatic amines is 2. The highest BCUT2D eigenvalue weighted by molar-refractivity contribution is 5.85. The van der Waals surface area contributed by atoms with E-state index in [1.165, 1.54) is 17.5 Å². The summed E-state index contributed by atoms with van der Waals surface area (Å²) >= 11 is 0. The number of hydrogen-bond donors (Lipinski definition) is 4. The van der Waals surface area contributed by atoms with Crippen LogP contribution in [0.15, 0.2) is 83.8 Å². The van der Waals surface area contributed by atoms with Gasteiger partial charge in [-0.25, -0.2) is 4.98 Å². The maximum atomic E-state index is 12.7. The second kappa shape index (κ2) is 9.71. The molecule has 7 rings (SSSR count). The molecule has 2 aliphatic heterocycles. The van der Waals surface area contributed by atoms with E-state index in [0.29, 0.717) is 6.04 Å². The Hall–Kier alpha value is -4.00. The number of H-pyrrole nitrogens is 2. The number of nitrogens with zero attached hydrogens (tertiary/aromatic N) is 1. The average Bonchev–Trinajstić information content (AvgIpc) is 3.76. The topological polar surface area (TPSA) is 85.6 Å². The first-order valence-electron chi connectivity index (χ1n) is 13.6. The molecule has 5 aromatic rings. The van der Waals surface area contributed by atoms with Gasteiger partial charge < -0.3 is 20.6 Å². The van der Waals surface area contributed by atoms with E-state index in [1.807, 2.05) is 18.3 Å². The minimum absolute atomic E-state index is 0.0781. The molecule has 0 spiro atoms. The SMILES string of the molecule is O=c1cc(C2CCCN2)[nH]c2cc(-c3ccc(-c4ccc(-c5cnc(C6CCCN6)[nH]5)cc4)cc3)ccc12. The van der Waals surface area contributed by atoms with E-state index >= 15 is 0 Å². The number of nitrogens with one attached hydrogen (secondary N) is 4. The first kappa shape index (κ1) is 23.1. The Balaban J connectivity index is 1.12. The van der Waals surface area contributed by atoms with Gasteiger partial charge in [0.25, 0.3) is 0 Å². The molecule has 3 aromatic carbocycles. The minimum Gasteiger partial charge on any atom is -0.357 e. The number of pyridine rings is 1. The van der Waals surface area contributed by atoms with Crippen LogP contribution in [0, 0.1) is 0 Å². The number of aromatic nitrogens is 3. The molecule has 4 N–H and O–H groups in total. The number of imidazole rings is 1. The highest BCUT2D eigenvalue weighted by Crippen LogP contribution is 2.30. The highest BCUT2D eigenvalue weighted by Gasteiger charge is 2.20. The fourth-order valence-corrected chi connectivity index (χ4v) is 5.87. The van der Waals surface area contributed by atoms with Crippen LogP contribution in [0.5, 0.6) is 0 Å². The molecule has 2 aromatic heterocycles. The predicted octanol–water partition coefficient (Wildman–Crippen LogP) is 6.10. The van der Waals surface area contributed by atoms with Crippen LogP contribution >= 0.6 is 0 Å². The third kappa shape index (κ3) is 4.36. The summed E-state index contributed by atoms with van der Waals surface area (Å²) in [6.07, 6.45) is 6.47. The Morgan fingerprint density at radius 2 is 1.26 bits per heavy atom. The molecule has 2 aliphatic rings. The smallest absolute Gasteiger partial charge is 0.189 e. The molecule has 2 saturated heterocycles. The molecule has 4 heterocycles. The van der Waals surface area contributed by atoms with Crippen LogP contribution in [-0.4, -0.2) is 28.0 Å². The van der Waals surface area contributed by atoms with E-state index in [0.717, 1.165) is 77.2 Å². The Kier molecular flexibility index (Phi) is 5.91. The quantitative estimate of drug-likeness (QED) is 0.234. The molecule has 2 fully saturated rings. The lowest BCUT2D eigenvalue weighted by Crippen LogP contribution is -2.17. The molecule has 0 bridgehead atoms. The maximum absolute atomic E-state index is 12.7. The normalized spacial score (nSPS) is 19.4. The largest absolute Gasteiger partial charge is 0.357 e. The van der Waals surface area contributed by atoms with Gasteiger partial charge >= 0.3 is 0 Å². The molecule has 6 nitrogen and oxygen atoms in total. The van der Waals surface area contributed by atoms with Gasteiger partial charge in [0, 0.05) is 23.2 Å². The molecule has 2 unspecified atom stereocenters. The molecule has 2 atom stereocenters. The van der Waals surface area contributed by atoms with Crippen LogP contribution < -0.4 is 16.1 Å². The van der Waals surface area contributed by atoms with Gasteiger partial charge in [-0.15, -0.1) is 0 Å². The molecule has 0 saturated carbocycles. The Bertz CT molecular complexity index is 1640. The summed E-state index contributed by atoms with van der Waals surface area (Å²) in [5, 5.41) is 7.71. The van der Waals surface area contributed by atoms with Gasteiger partial charge in [0.1, 0.15) is 5.82 Å². The lowest BCUT2D eigenvalue weighted by atomic mass is 9.98. The van der Waals surface area contributed by atoms with Gasteiger partial charge in [-0.05, 0) is 78.7 Å². The zero-order valence-electron chi connectivity index (χ0n) is 21.3. The van der Waals surface area contributed by atoms with Gasteiger partial charge in [-0.3, -0.25) is 4.79 Å². The summed E-state index contributed by atoms with van der Waals surface area (Å²) in [5.74, 6) is 1.03. The van der Waals surface area contributed by atoms with E-state index in [2.05, 4.69) is 80.2 Å². The van der Waals surface area contributed by atoms with Crippen LogP contribution in [0.3, 0.4) is 0 Å². The molecule has 0 aliphatic carbocycles. The van der Waals surface area contributed by atoms with E-state index < -0.39 is 0 Å². The molecule has 0 radical (unpaired) electrons. The van der Waals surface area contributed by atoms with Crippen LogP contribution in [0.25, 0.3) is 44.4 Å². The molecule has 0 amide bonds. The zero-order valence-corrected chi connectivity index (χ0v) is 21.3. The van der Waals surface area contributed by atoms with Crippen molar-refractivity contribution >= 4 is 10.9 Å². The lowest BCUT2D eigenvalue weighted by Gasteiger charge is -2.12. The number of rotatable bonds is 5. The van der Waals surface area contributed by atoms with E-state index in [-0.39, 0.29) is 11.5 Å². The molecular weight excluding hydrogens is 470 g/mol. The first-order valence-corrected chi connectivity index (χ1v) is 13.6. The van der Waals surface area contributed by atoms with Crippen molar-refractivity contribution < 1.29 is 0 Å². The summed E-state index contributed by atoms with van der Waals surface area (Å²) in [6, 6.07) is 25.7. The fraction of sp³-hybridized carbons (Fsp3) is 0.250. The molecular formula is C32H31N5O. The number of fused-ring (bicyclic) bond motifs is 1. The Morgan fingerprint density at radius 3 is 1.92 bits per heavy atom. The molecule has 6 heteroatoms. The van der Waals surface area contributed by atoms with Gasteiger partial charge in [-0.1, -0.05) is 54.6 Å². The maximum Gasteiger partial charge on any atom is 0.189 e. The van der Waals surface area contributed by atoms with Crippen molar-refractivity contribution in [1.82, 2.24) is 25.6 Å². The highest BCUT2D eigenvalue weighted by atomic mass is 16.1. The van der Waals surface area contributed by atoms with Crippen LogP contribution in [0.2, 0.25) is 0 Å². The van der Waals surface area contributed by atoms with E-state index in [1.54, 1.807) is 6.07 Å². The van der Waals surface area contributed by atoms with Gasteiger partial charge in [0.2, 0.25) is 0 Å². The standard InChI is InChI=1S/C32H31N5O/c38-31-18-29(26-3-1-15-33-26)36-28-17-24(13-14-25(28)31)22-7-5-20(6-8-22)21-9-11-23(12-10-21)30-19-35-32(37-30)27-4-2-16-34-27/h5-14,17-19,26-27,33-34H,1-4,15-16H2,(H,35,37)(H,36,38). The first-order chi connectivity index (χ1) is 18.7. The second-order valence-electron chi connectivity index (χ2n) is 10.5. The Morgan fingerprint density at radius 1 is 0.658 bits per heavy atom. The van der Waals surface area contributed by atoms with Gasteiger partial charge in [0.05, 0.1) is 23.4 Å². The summed E-state index contributed by atoms with van der Waals surface area (Å²) in [7, 11) is 0. The lowest BCUT2D eigenvalue weighted by molar-refractivity contribution is 0.613. The molecule has 38 heavy (non-hydrogen) atoms. The summed E-state index contributed by atoms with van der Waals surface area (Å²) in [6.45, 7) is 2.07. The predicted molar refractivity (Wildman–Crippen MR) is 153 cm³/mol. The van der Waals surface area contributed by atoms with Crippen molar-refractivity contribution in [3.05, 3.63) is 101 Å². The van der Waals surface area contributed by atoms with Crippen molar-refractivity contribution in [1.29, 1.82) is 0 Å². The minimum atomic E-state index is 0.0781. The van der Waals surface area contributed by atoms with Crippen LogP contribution in [-0.2, 0) is 0 Å². The second-order valence-corrected chi connectivity index (χ2v) is 10.5. The Labute approximate surface area is 221 Å².